The summed E-state index contributed by atoms with van der Waals surface area (Å²) in [5, 5.41) is 4.22. The predicted molar refractivity (Wildman–Crippen MR) is 124 cm³/mol. The van der Waals surface area contributed by atoms with E-state index in [2.05, 4.69) is 5.32 Å². The average Bonchev–Trinajstić information content (AvgIpc) is 2.75. The van der Waals surface area contributed by atoms with Gasteiger partial charge >= 0.3 is 0 Å². The number of nitrogens with one attached hydrogen (secondary N) is 1. The Hall–Kier alpha value is -1.75. The summed E-state index contributed by atoms with van der Waals surface area (Å²) in [7, 11) is 0. The minimum absolute atomic E-state index is 0.106. The Balaban J connectivity index is 2.06. The summed E-state index contributed by atoms with van der Waals surface area (Å²) < 4.78 is 0. The number of nitrogens with zero attached hydrogens (tertiary/aromatic N) is 1. The Bertz CT molecular complexity index is 896. The molecular formula is C23H25Cl3N2O2. The molecule has 0 spiro atoms. The zero-order valence-corrected chi connectivity index (χ0v) is 19.1. The van der Waals surface area contributed by atoms with Crippen molar-refractivity contribution in [2.45, 2.75) is 51.1 Å². The lowest BCUT2D eigenvalue weighted by atomic mass is 9.94. The molecule has 4 nitrogen and oxygen atoms in total. The smallest absolute Gasteiger partial charge is 0.248 e. The lowest BCUT2D eigenvalue weighted by Gasteiger charge is -2.34. The first-order chi connectivity index (χ1) is 14.4. The summed E-state index contributed by atoms with van der Waals surface area (Å²) in [6.45, 7) is 1.82. The van der Waals surface area contributed by atoms with Gasteiger partial charge in [-0.15, -0.1) is 11.6 Å². The Morgan fingerprint density at radius 2 is 1.73 bits per heavy atom. The molecule has 0 unspecified atom stereocenters. The fraction of sp³-hybridized carbons (Fsp3) is 0.391. The molecule has 0 bridgehead atoms. The van der Waals surface area contributed by atoms with Gasteiger partial charge in [-0.1, -0.05) is 60.7 Å². The lowest BCUT2D eigenvalue weighted by Crippen LogP contribution is -2.48. The molecule has 0 aliphatic heterocycles. The first kappa shape index (κ1) is 22.9. The topological polar surface area (TPSA) is 49.4 Å². The molecule has 0 saturated heterocycles. The van der Waals surface area contributed by atoms with Gasteiger partial charge in [0.05, 0.1) is 0 Å². The molecule has 2 amide bonds. The molecule has 1 atom stereocenters. The Labute approximate surface area is 192 Å². The predicted octanol–water partition coefficient (Wildman–Crippen LogP) is 6.06. The van der Waals surface area contributed by atoms with Crippen molar-refractivity contribution in [3.8, 4) is 0 Å². The van der Waals surface area contributed by atoms with Crippen molar-refractivity contribution < 1.29 is 9.59 Å². The first-order valence-corrected chi connectivity index (χ1v) is 11.4. The molecule has 3 rings (SSSR count). The molecule has 0 aromatic heterocycles. The van der Waals surface area contributed by atoms with Crippen LogP contribution in [0.1, 0.15) is 49.3 Å². The normalized spacial score (nSPS) is 15.5. The van der Waals surface area contributed by atoms with Crippen molar-refractivity contribution in [1.82, 2.24) is 5.32 Å². The Kier molecular flexibility index (Phi) is 8.04. The van der Waals surface area contributed by atoms with Gasteiger partial charge in [-0.2, -0.15) is 0 Å². The number of carbonyl (C=O) groups excluding carboxylic acids is 2. The fourth-order valence-corrected chi connectivity index (χ4v) is 4.35. The van der Waals surface area contributed by atoms with E-state index in [9.17, 15) is 9.59 Å². The van der Waals surface area contributed by atoms with Crippen LogP contribution in [0.15, 0.2) is 42.5 Å². The van der Waals surface area contributed by atoms with Crippen LogP contribution in [0.4, 0.5) is 5.69 Å². The van der Waals surface area contributed by atoms with Crippen LogP contribution in [-0.4, -0.2) is 23.7 Å². The van der Waals surface area contributed by atoms with Crippen LogP contribution >= 0.6 is 34.8 Å². The summed E-state index contributed by atoms with van der Waals surface area (Å²) in [5.41, 5.74) is 1.93. The molecule has 0 heterocycles. The highest BCUT2D eigenvalue weighted by Crippen LogP contribution is 2.34. The van der Waals surface area contributed by atoms with Crippen molar-refractivity contribution in [2.75, 3.05) is 10.8 Å². The van der Waals surface area contributed by atoms with Gasteiger partial charge in [-0.3, -0.25) is 14.5 Å². The maximum absolute atomic E-state index is 13.5. The van der Waals surface area contributed by atoms with Crippen LogP contribution in [0.25, 0.3) is 0 Å². The van der Waals surface area contributed by atoms with Crippen molar-refractivity contribution in [2.24, 2.45) is 0 Å². The van der Waals surface area contributed by atoms with Crippen LogP contribution < -0.4 is 10.2 Å². The van der Waals surface area contributed by atoms with Crippen LogP contribution in [0.5, 0.6) is 0 Å². The minimum Gasteiger partial charge on any atom is -0.351 e. The van der Waals surface area contributed by atoms with Gasteiger partial charge in [0.25, 0.3) is 0 Å². The second kappa shape index (κ2) is 10.5. The summed E-state index contributed by atoms with van der Waals surface area (Å²) in [6.07, 6.45) is 5.26. The van der Waals surface area contributed by atoms with Gasteiger partial charge in [-0.05, 0) is 55.2 Å². The zero-order chi connectivity index (χ0) is 21.7. The highest BCUT2D eigenvalue weighted by molar-refractivity contribution is 6.32. The molecule has 160 valence electrons. The maximum Gasteiger partial charge on any atom is 0.248 e. The Morgan fingerprint density at radius 3 is 2.37 bits per heavy atom. The van der Waals surface area contributed by atoms with E-state index in [1.165, 1.54) is 11.3 Å². The molecule has 1 saturated carbocycles. The summed E-state index contributed by atoms with van der Waals surface area (Å²) in [4.78, 5) is 28.0. The largest absolute Gasteiger partial charge is 0.351 e. The summed E-state index contributed by atoms with van der Waals surface area (Å²) >= 11 is 18.4. The highest BCUT2D eigenvalue weighted by atomic mass is 35.5. The van der Waals surface area contributed by atoms with E-state index in [0.29, 0.717) is 26.9 Å². The van der Waals surface area contributed by atoms with Crippen LogP contribution in [0.3, 0.4) is 0 Å². The van der Waals surface area contributed by atoms with Crippen LogP contribution in [0.2, 0.25) is 10.0 Å². The van der Waals surface area contributed by atoms with Gasteiger partial charge in [0, 0.05) is 21.8 Å². The van der Waals surface area contributed by atoms with Gasteiger partial charge in [-0.25, -0.2) is 0 Å². The molecule has 1 N–H and O–H groups in total. The van der Waals surface area contributed by atoms with Crippen molar-refractivity contribution in [3.63, 3.8) is 0 Å². The monoisotopic (exact) mass is 466 g/mol. The number of anilines is 1. The summed E-state index contributed by atoms with van der Waals surface area (Å²) in [6, 6.07) is 11.5. The van der Waals surface area contributed by atoms with Crippen molar-refractivity contribution in [3.05, 3.63) is 63.6 Å². The van der Waals surface area contributed by atoms with E-state index in [1.54, 1.807) is 42.5 Å². The SMILES string of the molecule is Cc1c(Cl)cccc1N(C(=O)CCl)[C@@H](C(=O)NC1CCCCC1)c1ccc(Cl)cc1. The van der Waals surface area contributed by atoms with Gasteiger partial charge in [0.2, 0.25) is 11.8 Å². The second-order valence-corrected chi connectivity index (χ2v) is 8.69. The van der Waals surface area contributed by atoms with E-state index in [4.69, 9.17) is 34.8 Å². The zero-order valence-electron chi connectivity index (χ0n) is 16.8. The van der Waals surface area contributed by atoms with E-state index in [0.717, 1.165) is 25.7 Å². The quantitative estimate of drug-likeness (QED) is 0.525. The lowest BCUT2D eigenvalue weighted by molar-refractivity contribution is -0.126. The van der Waals surface area contributed by atoms with Gasteiger partial charge < -0.3 is 5.32 Å². The van der Waals surface area contributed by atoms with Gasteiger partial charge in [0.1, 0.15) is 11.9 Å². The molecule has 1 fully saturated rings. The van der Waals surface area contributed by atoms with Crippen molar-refractivity contribution in [1.29, 1.82) is 0 Å². The third-order valence-electron chi connectivity index (χ3n) is 5.53. The molecule has 30 heavy (non-hydrogen) atoms. The average molecular weight is 468 g/mol. The Morgan fingerprint density at radius 1 is 1.07 bits per heavy atom. The molecule has 2 aromatic rings. The van der Waals surface area contributed by atoms with Crippen LogP contribution in [-0.2, 0) is 9.59 Å². The van der Waals surface area contributed by atoms with Gasteiger partial charge in [0.15, 0.2) is 0 Å². The number of hydrogen-bond donors (Lipinski definition) is 1. The number of amides is 2. The number of halogens is 3. The third-order valence-corrected chi connectivity index (χ3v) is 6.42. The van der Waals surface area contributed by atoms with E-state index >= 15 is 0 Å². The minimum atomic E-state index is -0.882. The summed E-state index contributed by atoms with van der Waals surface area (Å²) in [5.74, 6) is -0.866. The number of alkyl halides is 1. The van der Waals surface area contributed by atoms with E-state index in [1.807, 2.05) is 6.92 Å². The standard InChI is InChI=1S/C23H25Cl3N2O2/c1-15-19(26)8-5-9-20(15)28(21(29)14-24)22(16-10-12-17(25)13-11-16)23(30)27-18-6-3-2-4-7-18/h5,8-13,18,22H,2-4,6-7,14H2,1H3,(H,27,30)/t22-/m1/s1. The van der Waals surface area contributed by atoms with Crippen molar-refractivity contribution >= 4 is 52.3 Å². The highest BCUT2D eigenvalue weighted by Gasteiger charge is 2.34. The van der Waals surface area contributed by atoms with E-state index in [-0.39, 0.29) is 23.7 Å². The second-order valence-electron chi connectivity index (χ2n) is 7.58. The number of hydrogen-bond acceptors (Lipinski definition) is 2. The molecule has 2 aromatic carbocycles. The molecule has 1 aliphatic carbocycles. The third kappa shape index (κ3) is 5.29. The van der Waals surface area contributed by atoms with Crippen LogP contribution in [0, 0.1) is 6.92 Å². The molecule has 7 heteroatoms. The van der Waals surface area contributed by atoms with E-state index < -0.39 is 6.04 Å². The number of rotatable bonds is 6. The maximum atomic E-state index is 13.5. The first-order valence-electron chi connectivity index (χ1n) is 10.1. The molecule has 0 radical (unpaired) electrons. The number of benzene rings is 2. The molecular weight excluding hydrogens is 443 g/mol. The molecule has 1 aliphatic rings. The number of carbonyl (C=O) groups is 2. The fourth-order valence-electron chi connectivity index (χ4n) is 3.93.